The van der Waals surface area contributed by atoms with Crippen molar-refractivity contribution in [2.75, 3.05) is 0 Å². The second-order valence-electron chi connectivity index (χ2n) is 2.77. The van der Waals surface area contributed by atoms with E-state index in [0.717, 1.165) is 11.3 Å². The molecule has 0 N–H and O–H groups in total. The molecule has 1 aromatic carbocycles. The maximum absolute atomic E-state index is 5.69. The van der Waals surface area contributed by atoms with E-state index in [4.69, 9.17) is 11.6 Å². The van der Waals surface area contributed by atoms with Crippen molar-refractivity contribution in [2.45, 2.75) is 5.88 Å². The molecule has 74 valence electrons. The molecule has 0 atom stereocenters. The molecule has 2 nitrogen and oxygen atoms in total. The van der Waals surface area contributed by atoms with E-state index in [0.29, 0.717) is 5.88 Å². The van der Waals surface area contributed by atoms with Crippen molar-refractivity contribution in [3.05, 3.63) is 48.5 Å². The van der Waals surface area contributed by atoms with Crippen molar-refractivity contribution in [2.24, 2.45) is 0 Å². The molecule has 0 unspecified atom stereocenters. The van der Waals surface area contributed by atoms with Gasteiger partial charge in [-0.3, -0.25) is 0 Å². The Hall–Kier alpha value is -0.990. The maximum Gasteiger partial charge on any atom is 0.0991 e. The zero-order chi connectivity index (χ0) is 9.10. The summed E-state index contributed by atoms with van der Waals surface area (Å²) in [4.78, 5) is 3.98. The first-order valence-corrected chi connectivity index (χ1v) is 4.57. The molecule has 2 rings (SSSR count). The van der Waals surface area contributed by atoms with Gasteiger partial charge in [-0.1, -0.05) is 12.1 Å². The van der Waals surface area contributed by atoms with Gasteiger partial charge in [0.15, 0.2) is 0 Å². The Labute approximate surface area is 93.9 Å². The molecule has 4 heteroatoms. The van der Waals surface area contributed by atoms with E-state index in [9.17, 15) is 0 Å². The fraction of sp³-hybridized carbons (Fsp3) is 0.100. The molecule has 0 amide bonds. The fourth-order valence-electron chi connectivity index (χ4n) is 1.17. The lowest BCUT2D eigenvalue weighted by atomic mass is 10.2. The average Bonchev–Trinajstić information content (AvgIpc) is 2.71. The van der Waals surface area contributed by atoms with Crippen LogP contribution in [0.1, 0.15) is 5.56 Å². The number of hydrogen-bond acceptors (Lipinski definition) is 1. The van der Waals surface area contributed by atoms with Crippen molar-refractivity contribution in [1.82, 2.24) is 9.55 Å². The molecular weight excluding hydrogens is 219 g/mol. The third-order valence-corrected chi connectivity index (χ3v) is 2.20. The second-order valence-corrected chi connectivity index (χ2v) is 3.04. The summed E-state index contributed by atoms with van der Waals surface area (Å²) in [5.74, 6) is 0.560. The molecule has 2 aromatic rings. The highest BCUT2D eigenvalue weighted by Crippen LogP contribution is 2.10. The topological polar surface area (TPSA) is 17.8 Å². The molecule has 1 aromatic heterocycles. The molecule has 14 heavy (non-hydrogen) atoms. The van der Waals surface area contributed by atoms with Crippen LogP contribution in [0.3, 0.4) is 0 Å². The Morgan fingerprint density at radius 2 is 1.93 bits per heavy atom. The first kappa shape index (κ1) is 11.1. The quantitative estimate of drug-likeness (QED) is 0.723. The van der Waals surface area contributed by atoms with E-state index < -0.39 is 0 Å². The van der Waals surface area contributed by atoms with E-state index in [-0.39, 0.29) is 12.4 Å². The van der Waals surface area contributed by atoms with Gasteiger partial charge in [0.1, 0.15) is 0 Å². The maximum atomic E-state index is 5.69. The van der Waals surface area contributed by atoms with Gasteiger partial charge in [-0.2, -0.15) is 0 Å². The van der Waals surface area contributed by atoms with Crippen LogP contribution in [0.15, 0.2) is 43.0 Å². The lowest BCUT2D eigenvalue weighted by Crippen LogP contribution is -1.89. The van der Waals surface area contributed by atoms with Gasteiger partial charge in [-0.15, -0.1) is 24.0 Å². The summed E-state index contributed by atoms with van der Waals surface area (Å²) in [6, 6.07) is 8.09. The SMILES string of the molecule is Cl.ClCc1ccc(-n2ccnc2)cc1. The van der Waals surface area contributed by atoms with Crippen LogP contribution in [0.4, 0.5) is 0 Å². The number of rotatable bonds is 2. The van der Waals surface area contributed by atoms with Crippen molar-refractivity contribution >= 4 is 24.0 Å². The average molecular weight is 229 g/mol. The van der Waals surface area contributed by atoms with Crippen LogP contribution < -0.4 is 0 Å². The van der Waals surface area contributed by atoms with Crippen LogP contribution in [-0.2, 0) is 5.88 Å². The highest BCUT2D eigenvalue weighted by atomic mass is 35.5. The molecule has 0 radical (unpaired) electrons. The highest BCUT2D eigenvalue weighted by Gasteiger charge is 1.94. The summed E-state index contributed by atoms with van der Waals surface area (Å²) in [5.41, 5.74) is 2.23. The minimum atomic E-state index is 0. The summed E-state index contributed by atoms with van der Waals surface area (Å²) >= 11 is 5.69. The normalized spacial score (nSPS) is 9.50. The number of hydrogen-bond donors (Lipinski definition) is 0. The highest BCUT2D eigenvalue weighted by molar-refractivity contribution is 6.17. The van der Waals surface area contributed by atoms with Crippen LogP contribution in [0.2, 0.25) is 0 Å². The lowest BCUT2D eigenvalue weighted by Gasteiger charge is -2.01. The molecule has 0 aliphatic rings. The smallest absolute Gasteiger partial charge is 0.0991 e. The van der Waals surface area contributed by atoms with Crippen molar-refractivity contribution in [3.63, 3.8) is 0 Å². The van der Waals surface area contributed by atoms with Gasteiger partial charge in [0, 0.05) is 24.0 Å². The summed E-state index contributed by atoms with van der Waals surface area (Å²) < 4.78 is 1.96. The largest absolute Gasteiger partial charge is 0.306 e. The summed E-state index contributed by atoms with van der Waals surface area (Å²) in [6.45, 7) is 0. The number of nitrogens with zero attached hydrogens (tertiary/aromatic N) is 2. The standard InChI is InChI=1S/C10H9ClN2.ClH/c11-7-9-1-3-10(4-2-9)13-6-5-12-8-13;/h1-6,8H,7H2;1H. The van der Waals surface area contributed by atoms with Gasteiger partial charge in [-0.25, -0.2) is 4.98 Å². The molecule has 0 fully saturated rings. The zero-order valence-corrected chi connectivity index (χ0v) is 9.00. The Bertz CT molecular complexity index is 368. The van der Waals surface area contributed by atoms with E-state index in [1.807, 2.05) is 35.0 Å². The molecule has 0 bridgehead atoms. The van der Waals surface area contributed by atoms with Crippen LogP contribution in [-0.4, -0.2) is 9.55 Å². The summed E-state index contributed by atoms with van der Waals surface area (Å²) in [7, 11) is 0. The summed E-state index contributed by atoms with van der Waals surface area (Å²) in [5, 5.41) is 0. The molecular formula is C10H10Cl2N2. The van der Waals surface area contributed by atoms with Gasteiger partial charge in [0.25, 0.3) is 0 Å². The first-order valence-electron chi connectivity index (χ1n) is 4.03. The second kappa shape index (κ2) is 5.03. The Morgan fingerprint density at radius 3 is 2.43 bits per heavy atom. The van der Waals surface area contributed by atoms with E-state index in [2.05, 4.69) is 4.98 Å². The van der Waals surface area contributed by atoms with Crippen LogP contribution in [0.5, 0.6) is 0 Å². The Morgan fingerprint density at radius 1 is 1.21 bits per heavy atom. The molecule has 0 spiro atoms. The van der Waals surface area contributed by atoms with Gasteiger partial charge < -0.3 is 4.57 Å². The predicted molar refractivity (Wildman–Crippen MR) is 60.4 cm³/mol. The predicted octanol–water partition coefficient (Wildman–Crippen LogP) is 3.03. The van der Waals surface area contributed by atoms with E-state index in [1.54, 1.807) is 12.5 Å². The minimum absolute atomic E-state index is 0. The Kier molecular flexibility index (Phi) is 3.98. The van der Waals surface area contributed by atoms with Crippen LogP contribution in [0.25, 0.3) is 5.69 Å². The van der Waals surface area contributed by atoms with Crippen LogP contribution in [0, 0.1) is 0 Å². The molecule has 0 aliphatic heterocycles. The number of halogens is 2. The van der Waals surface area contributed by atoms with Gasteiger partial charge in [0.2, 0.25) is 0 Å². The van der Waals surface area contributed by atoms with Crippen LogP contribution >= 0.6 is 24.0 Å². The number of imidazole rings is 1. The minimum Gasteiger partial charge on any atom is -0.306 e. The van der Waals surface area contributed by atoms with Gasteiger partial charge >= 0.3 is 0 Å². The lowest BCUT2D eigenvalue weighted by molar-refractivity contribution is 1.05. The monoisotopic (exact) mass is 228 g/mol. The third kappa shape index (κ3) is 2.28. The molecule has 0 saturated carbocycles. The number of aromatic nitrogens is 2. The van der Waals surface area contributed by atoms with E-state index in [1.165, 1.54) is 0 Å². The first-order chi connectivity index (χ1) is 6.40. The van der Waals surface area contributed by atoms with Gasteiger partial charge in [0.05, 0.1) is 6.33 Å². The Balaban J connectivity index is 0.000000980. The molecule has 0 saturated heterocycles. The molecule has 0 aliphatic carbocycles. The van der Waals surface area contributed by atoms with E-state index >= 15 is 0 Å². The van der Waals surface area contributed by atoms with Gasteiger partial charge in [-0.05, 0) is 17.7 Å². The number of benzene rings is 1. The molecule has 1 heterocycles. The fourth-order valence-corrected chi connectivity index (χ4v) is 1.35. The summed E-state index contributed by atoms with van der Waals surface area (Å²) in [6.07, 6.45) is 5.45. The van der Waals surface area contributed by atoms with Crippen molar-refractivity contribution in [1.29, 1.82) is 0 Å². The number of alkyl halides is 1. The van der Waals surface area contributed by atoms with Crippen molar-refractivity contribution in [3.8, 4) is 5.69 Å². The zero-order valence-electron chi connectivity index (χ0n) is 7.43. The van der Waals surface area contributed by atoms with Crippen molar-refractivity contribution < 1.29 is 0 Å². The third-order valence-electron chi connectivity index (χ3n) is 1.89.